The van der Waals surface area contributed by atoms with Crippen molar-refractivity contribution in [2.24, 2.45) is 23.2 Å². The second-order valence-electron chi connectivity index (χ2n) is 15.8. The van der Waals surface area contributed by atoms with Crippen LogP contribution in [0.3, 0.4) is 0 Å². The fourth-order valence-corrected chi connectivity index (χ4v) is 7.98. The third-order valence-electron chi connectivity index (χ3n) is 10.7. The van der Waals surface area contributed by atoms with Crippen molar-refractivity contribution >= 4 is 17.7 Å². The van der Waals surface area contributed by atoms with Gasteiger partial charge in [0, 0.05) is 44.7 Å². The van der Waals surface area contributed by atoms with Crippen molar-refractivity contribution in [1.29, 1.82) is 0 Å². The Morgan fingerprint density at radius 1 is 1.09 bits per heavy atom. The van der Waals surface area contributed by atoms with E-state index in [0.29, 0.717) is 32.5 Å². The first kappa shape index (κ1) is 39.8. The zero-order chi connectivity index (χ0) is 35.4. The first-order chi connectivity index (χ1) is 21.8. The van der Waals surface area contributed by atoms with E-state index >= 15 is 0 Å². The summed E-state index contributed by atoms with van der Waals surface area (Å²) in [5.41, 5.74) is -2.43. The summed E-state index contributed by atoms with van der Waals surface area (Å²) in [5, 5.41) is 11.3. The number of carbonyl (C=O) groups is 3. The number of nitrogens with zero attached hydrogens (tertiary/aromatic N) is 4. The van der Waals surface area contributed by atoms with Gasteiger partial charge < -0.3 is 38.8 Å². The van der Waals surface area contributed by atoms with E-state index in [-0.39, 0.29) is 48.3 Å². The van der Waals surface area contributed by atoms with E-state index in [1.54, 1.807) is 27.9 Å². The molecule has 0 aromatic rings. The lowest BCUT2D eigenvalue weighted by atomic mass is 9.74. The van der Waals surface area contributed by atoms with Gasteiger partial charge in [0.05, 0.1) is 24.4 Å². The van der Waals surface area contributed by atoms with Gasteiger partial charge in [-0.15, -0.1) is 0 Å². The predicted octanol–water partition coefficient (Wildman–Crippen LogP) is 2.12. The molecule has 1 amide bonds. The van der Waals surface area contributed by atoms with Gasteiger partial charge in [-0.25, -0.2) is 0 Å². The molecular formula is C35H64N4O8. The highest BCUT2D eigenvalue weighted by Crippen LogP contribution is 2.38. The Hall–Kier alpha value is -1.67. The van der Waals surface area contributed by atoms with E-state index in [2.05, 4.69) is 11.8 Å². The number of piperidine rings is 1. The molecule has 3 rings (SSSR count). The lowest BCUT2D eigenvalue weighted by Gasteiger charge is -2.47. The minimum atomic E-state index is -1.47. The topological polar surface area (TPSA) is 121 Å². The number of likely N-dealkylation sites (tertiary alicyclic amines) is 1. The Morgan fingerprint density at radius 2 is 1.74 bits per heavy atom. The van der Waals surface area contributed by atoms with E-state index in [4.69, 9.17) is 18.9 Å². The lowest BCUT2D eigenvalue weighted by molar-refractivity contribution is -0.295. The summed E-state index contributed by atoms with van der Waals surface area (Å²) in [7, 11) is 11.3. The van der Waals surface area contributed by atoms with Gasteiger partial charge in [0.2, 0.25) is 5.91 Å². The molecule has 12 nitrogen and oxygen atoms in total. The number of ether oxygens (including phenoxy) is 4. The average Bonchev–Trinajstić information content (AvgIpc) is 2.99. The monoisotopic (exact) mass is 668 g/mol. The van der Waals surface area contributed by atoms with E-state index in [0.717, 1.165) is 19.4 Å². The minimum Gasteiger partial charge on any atom is -0.463 e. The Balaban J connectivity index is 1.96. The molecule has 0 bridgehead atoms. The maximum absolute atomic E-state index is 14.3. The van der Waals surface area contributed by atoms with Crippen LogP contribution in [0.1, 0.15) is 67.2 Å². The number of esters is 1. The standard InChI is InChI=1S/C35H64N4O8/c1-22-17-35(6,44-12)31(47-32-29(41)26(37(9)10)16-23(2)46-32)24(3)30(42)34(4,5)33(43)45-21-27(38(11)18-22)25-14-13-15-39(19-25)28(40)20-36(7)8/h22-27,29,31-32,41H,13-21H2,1-12H3/t22-,23-,24+,25-,26+,27+,29-,31-,32+,35-/m1/s1. The summed E-state index contributed by atoms with van der Waals surface area (Å²) >= 11 is 0. The number of likely N-dealkylation sites (N-methyl/N-ethyl adjacent to an activating group) is 3. The SMILES string of the molecule is CO[C@]1(C)C[C@@H](C)CN(C)[C@H]([C@@H]2CCCN(C(=O)CN(C)C)C2)COC(=O)C(C)(C)C(=O)[C@H](C)[C@H]1O[C@@H]1O[C@H](C)C[C@H](N(C)C)[C@H]1O. The van der Waals surface area contributed by atoms with Crippen molar-refractivity contribution in [3.8, 4) is 0 Å². The first-order valence-electron chi connectivity index (χ1n) is 17.4. The van der Waals surface area contributed by atoms with Gasteiger partial charge in [-0.3, -0.25) is 19.3 Å². The Morgan fingerprint density at radius 3 is 2.34 bits per heavy atom. The van der Waals surface area contributed by atoms with Crippen LogP contribution in [0.15, 0.2) is 0 Å². The van der Waals surface area contributed by atoms with Crippen molar-refractivity contribution in [2.45, 2.75) is 110 Å². The quantitative estimate of drug-likeness (QED) is 0.317. The number of amides is 1. The molecule has 272 valence electrons. The van der Waals surface area contributed by atoms with Crippen molar-refractivity contribution < 1.29 is 38.4 Å². The number of carbonyl (C=O) groups excluding carboxylic acids is 3. The molecule has 1 N–H and O–H groups in total. The van der Waals surface area contributed by atoms with Crippen LogP contribution in [0.2, 0.25) is 0 Å². The number of aliphatic hydroxyl groups excluding tert-OH is 1. The maximum Gasteiger partial charge on any atom is 0.319 e. The molecule has 10 atom stereocenters. The Bertz CT molecular complexity index is 1070. The van der Waals surface area contributed by atoms with Gasteiger partial charge in [-0.1, -0.05) is 13.8 Å². The van der Waals surface area contributed by atoms with Crippen LogP contribution < -0.4 is 0 Å². The number of ketones is 1. The van der Waals surface area contributed by atoms with Gasteiger partial charge in [0.25, 0.3) is 0 Å². The van der Waals surface area contributed by atoms with Crippen molar-refractivity contribution in [1.82, 2.24) is 19.6 Å². The molecule has 0 unspecified atom stereocenters. The van der Waals surface area contributed by atoms with Gasteiger partial charge >= 0.3 is 5.97 Å². The summed E-state index contributed by atoms with van der Waals surface area (Å²) in [5.74, 6) is -1.42. The molecule has 0 radical (unpaired) electrons. The number of aliphatic hydroxyl groups is 1. The van der Waals surface area contributed by atoms with E-state index in [9.17, 15) is 19.5 Å². The molecule has 12 heteroatoms. The summed E-state index contributed by atoms with van der Waals surface area (Å²) in [6.45, 7) is 13.5. The summed E-state index contributed by atoms with van der Waals surface area (Å²) < 4.78 is 25.0. The molecule has 0 aromatic heterocycles. The fourth-order valence-electron chi connectivity index (χ4n) is 7.98. The molecule has 0 aliphatic carbocycles. The number of cyclic esters (lactones) is 1. The molecule has 3 aliphatic heterocycles. The predicted molar refractivity (Wildman–Crippen MR) is 180 cm³/mol. The smallest absolute Gasteiger partial charge is 0.319 e. The Labute approximate surface area is 283 Å². The van der Waals surface area contributed by atoms with E-state index in [1.807, 2.05) is 63.8 Å². The van der Waals surface area contributed by atoms with Gasteiger partial charge in [0.1, 0.15) is 18.1 Å². The molecule has 0 saturated carbocycles. The third kappa shape index (κ3) is 9.52. The van der Waals surface area contributed by atoms with Crippen LogP contribution in [0.25, 0.3) is 0 Å². The molecule has 47 heavy (non-hydrogen) atoms. The van der Waals surface area contributed by atoms with Crippen LogP contribution in [-0.2, 0) is 33.3 Å². The fraction of sp³-hybridized carbons (Fsp3) is 0.914. The van der Waals surface area contributed by atoms with Gasteiger partial charge in [0.15, 0.2) is 12.1 Å². The minimum absolute atomic E-state index is 0.0889. The normalized spacial score (nSPS) is 38.4. The number of Topliss-reactive ketones (excluding diaryl/α,β-unsaturated/α-hetero) is 1. The molecule has 3 heterocycles. The van der Waals surface area contributed by atoms with Crippen LogP contribution in [-0.4, -0.2) is 160 Å². The van der Waals surface area contributed by atoms with Crippen LogP contribution >= 0.6 is 0 Å². The zero-order valence-electron chi connectivity index (χ0n) is 31.2. The van der Waals surface area contributed by atoms with Crippen molar-refractivity contribution in [3.05, 3.63) is 0 Å². The maximum atomic E-state index is 14.3. The highest BCUT2D eigenvalue weighted by molar-refractivity contribution is 6.04. The van der Waals surface area contributed by atoms with E-state index < -0.39 is 41.4 Å². The van der Waals surface area contributed by atoms with E-state index in [1.165, 1.54) is 0 Å². The number of rotatable bonds is 7. The third-order valence-corrected chi connectivity index (χ3v) is 10.7. The first-order valence-corrected chi connectivity index (χ1v) is 17.4. The lowest BCUT2D eigenvalue weighted by Crippen LogP contribution is -2.59. The van der Waals surface area contributed by atoms with Crippen LogP contribution in [0, 0.1) is 23.2 Å². The number of hydrogen-bond donors (Lipinski definition) is 1. The number of methoxy groups -OCH3 is 1. The summed E-state index contributed by atoms with van der Waals surface area (Å²) in [6, 6.07) is -0.334. The van der Waals surface area contributed by atoms with Gasteiger partial charge in [-0.2, -0.15) is 0 Å². The van der Waals surface area contributed by atoms with Gasteiger partial charge in [-0.05, 0) is 100 Å². The van der Waals surface area contributed by atoms with Crippen molar-refractivity contribution in [2.75, 3.05) is 75.1 Å². The summed E-state index contributed by atoms with van der Waals surface area (Å²) in [4.78, 5) is 49.0. The number of hydrogen-bond acceptors (Lipinski definition) is 11. The highest BCUT2D eigenvalue weighted by atomic mass is 16.7. The zero-order valence-corrected chi connectivity index (χ0v) is 31.2. The highest BCUT2D eigenvalue weighted by Gasteiger charge is 2.51. The van der Waals surface area contributed by atoms with Crippen LogP contribution in [0.4, 0.5) is 0 Å². The second-order valence-corrected chi connectivity index (χ2v) is 15.8. The molecule has 3 aliphatic rings. The Kier molecular flexibility index (Phi) is 13.8. The van der Waals surface area contributed by atoms with Crippen LogP contribution in [0.5, 0.6) is 0 Å². The molecule has 0 aromatic carbocycles. The van der Waals surface area contributed by atoms with Crippen molar-refractivity contribution in [3.63, 3.8) is 0 Å². The molecule has 3 fully saturated rings. The largest absolute Gasteiger partial charge is 0.463 e. The molecule has 0 spiro atoms. The molecular weight excluding hydrogens is 604 g/mol. The average molecular weight is 669 g/mol. The summed E-state index contributed by atoms with van der Waals surface area (Å²) in [6.07, 6.45) is 0.0335. The second kappa shape index (κ2) is 16.4. The molecule has 3 saturated heterocycles.